The van der Waals surface area contributed by atoms with Gasteiger partial charge in [-0.25, -0.2) is 9.07 Å². The molecule has 0 radical (unpaired) electrons. The lowest BCUT2D eigenvalue weighted by atomic mass is 10.3. The van der Waals surface area contributed by atoms with E-state index in [1.807, 2.05) is 12.1 Å². The number of nitrogens with one attached hydrogen (secondary N) is 2. The molecule has 1 aromatic heterocycles. The average Bonchev–Trinajstić information content (AvgIpc) is 3.04. The summed E-state index contributed by atoms with van der Waals surface area (Å²) >= 11 is 0. The molecule has 3 aromatic rings. The number of carbonyl (C=O) groups is 2. The normalized spacial score (nSPS) is 11.8. The number of hydrogen-bond acceptors (Lipinski definition) is 5. The van der Waals surface area contributed by atoms with Crippen LogP contribution in [0.1, 0.15) is 6.92 Å². The van der Waals surface area contributed by atoms with Crippen molar-refractivity contribution in [1.82, 2.24) is 25.8 Å². The second kappa shape index (κ2) is 7.60. The van der Waals surface area contributed by atoms with E-state index >= 15 is 0 Å². The van der Waals surface area contributed by atoms with Gasteiger partial charge < -0.3 is 4.74 Å². The minimum Gasteiger partial charge on any atom is -0.481 e. The number of hydrazine groups is 1. The highest BCUT2D eigenvalue weighted by atomic mass is 19.1. The monoisotopic (exact) mass is 357 g/mol. The number of para-hydroxylation sites is 1. The van der Waals surface area contributed by atoms with Gasteiger partial charge in [-0.3, -0.25) is 20.4 Å². The van der Waals surface area contributed by atoms with E-state index in [9.17, 15) is 14.0 Å². The van der Waals surface area contributed by atoms with Crippen LogP contribution >= 0.6 is 0 Å². The Balaban J connectivity index is 1.50. The first-order valence-electron chi connectivity index (χ1n) is 7.82. The molecule has 0 saturated heterocycles. The largest absolute Gasteiger partial charge is 0.481 e. The van der Waals surface area contributed by atoms with Gasteiger partial charge >= 0.3 is 0 Å². The summed E-state index contributed by atoms with van der Waals surface area (Å²) in [5, 5.41) is 7.85. The van der Waals surface area contributed by atoms with Crippen LogP contribution in [0.5, 0.6) is 5.75 Å². The van der Waals surface area contributed by atoms with E-state index in [2.05, 4.69) is 21.2 Å². The molecule has 0 saturated carbocycles. The van der Waals surface area contributed by atoms with Crippen molar-refractivity contribution < 1.29 is 18.7 Å². The lowest BCUT2D eigenvalue weighted by Crippen LogP contribution is -2.48. The van der Waals surface area contributed by atoms with Crippen LogP contribution in [-0.4, -0.2) is 32.9 Å². The van der Waals surface area contributed by atoms with Gasteiger partial charge in [0.15, 0.2) is 6.10 Å². The van der Waals surface area contributed by atoms with Crippen molar-refractivity contribution >= 4 is 22.8 Å². The van der Waals surface area contributed by atoms with E-state index in [1.165, 1.54) is 35.9 Å². The highest BCUT2D eigenvalue weighted by Crippen LogP contribution is 2.13. The van der Waals surface area contributed by atoms with Gasteiger partial charge in [0.25, 0.3) is 11.8 Å². The average molecular weight is 357 g/mol. The van der Waals surface area contributed by atoms with Gasteiger partial charge in [-0.05, 0) is 43.3 Å². The summed E-state index contributed by atoms with van der Waals surface area (Å²) in [4.78, 5) is 24.0. The maximum atomic E-state index is 12.9. The fourth-order valence-electron chi connectivity index (χ4n) is 2.21. The second-order valence-corrected chi connectivity index (χ2v) is 5.49. The number of ether oxygens (including phenoxy) is 1. The highest BCUT2D eigenvalue weighted by molar-refractivity contribution is 5.85. The smallest absolute Gasteiger partial charge is 0.279 e. The summed E-state index contributed by atoms with van der Waals surface area (Å²) in [6, 6.07) is 12.5. The fourth-order valence-corrected chi connectivity index (χ4v) is 2.21. The number of aromatic nitrogens is 3. The summed E-state index contributed by atoms with van der Waals surface area (Å²) in [5.74, 6) is -1.08. The van der Waals surface area contributed by atoms with Gasteiger partial charge in [0, 0.05) is 0 Å². The molecule has 0 aliphatic heterocycles. The summed E-state index contributed by atoms with van der Waals surface area (Å²) in [5.41, 5.74) is 5.95. The van der Waals surface area contributed by atoms with Crippen LogP contribution < -0.4 is 15.6 Å². The van der Waals surface area contributed by atoms with Crippen LogP contribution in [0.15, 0.2) is 48.5 Å². The summed E-state index contributed by atoms with van der Waals surface area (Å²) in [6.07, 6.45) is -0.882. The molecule has 2 aromatic carbocycles. The standard InChI is InChI=1S/C17H16FN5O3/c1-11(26-13-8-6-12(18)7-9-13)17(25)21-20-16(24)10-23-15-5-3-2-4-14(15)19-22-23/h2-9,11H,10H2,1H3,(H,20,24)(H,21,25). The highest BCUT2D eigenvalue weighted by Gasteiger charge is 2.16. The van der Waals surface area contributed by atoms with Crippen molar-refractivity contribution in [2.24, 2.45) is 0 Å². The summed E-state index contributed by atoms with van der Waals surface area (Å²) in [6.45, 7) is 1.41. The van der Waals surface area contributed by atoms with Gasteiger partial charge in [0.2, 0.25) is 0 Å². The maximum absolute atomic E-state index is 12.9. The van der Waals surface area contributed by atoms with E-state index in [-0.39, 0.29) is 6.54 Å². The molecule has 0 spiro atoms. The van der Waals surface area contributed by atoms with Crippen molar-refractivity contribution in [3.05, 3.63) is 54.3 Å². The topological polar surface area (TPSA) is 98.1 Å². The van der Waals surface area contributed by atoms with E-state index < -0.39 is 23.7 Å². The quantitative estimate of drug-likeness (QED) is 0.669. The zero-order valence-corrected chi connectivity index (χ0v) is 13.8. The molecule has 1 heterocycles. The molecule has 2 N–H and O–H groups in total. The second-order valence-electron chi connectivity index (χ2n) is 5.49. The third-order valence-corrected chi connectivity index (χ3v) is 3.53. The van der Waals surface area contributed by atoms with Crippen LogP contribution in [0.3, 0.4) is 0 Å². The molecule has 0 aliphatic carbocycles. The maximum Gasteiger partial charge on any atom is 0.279 e. The van der Waals surface area contributed by atoms with Crippen LogP contribution in [0.25, 0.3) is 11.0 Å². The number of carbonyl (C=O) groups excluding carboxylic acids is 2. The molecule has 0 fully saturated rings. The molecular weight excluding hydrogens is 341 g/mol. The van der Waals surface area contributed by atoms with Crippen molar-refractivity contribution in [1.29, 1.82) is 0 Å². The van der Waals surface area contributed by atoms with Crippen molar-refractivity contribution in [2.75, 3.05) is 0 Å². The van der Waals surface area contributed by atoms with Gasteiger partial charge in [0.1, 0.15) is 23.6 Å². The predicted molar refractivity (Wildman–Crippen MR) is 90.3 cm³/mol. The van der Waals surface area contributed by atoms with Crippen molar-refractivity contribution in [3.8, 4) is 5.75 Å². The van der Waals surface area contributed by atoms with Crippen LogP contribution in [0, 0.1) is 5.82 Å². The number of halogens is 1. The van der Waals surface area contributed by atoms with Gasteiger partial charge in [-0.15, -0.1) is 5.10 Å². The van der Waals surface area contributed by atoms with Gasteiger partial charge in [0.05, 0.1) is 5.52 Å². The first-order valence-corrected chi connectivity index (χ1v) is 7.82. The Morgan fingerprint density at radius 2 is 1.88 bits per heavy atom. The fraction of sp³-hybridized carbons (Fsp3) is 0.176. The molecule has 1 unspecified atom stereocenters. The van der Waals surface area contributed by atoms with Crippen LogP contribution in [0.4, 0.5) is 4.39 Å². The molecule has 2 amide bonds. The molecule has 26 heavy (non-hydrogen) atoms. The number of nitrogens with zero attached hydrogens (tertiary/aromatic N) is 3. The number of fused-ring (bicyclic) bond motifs is 1. The first-order chi connectivity index (χ1) is 12.5. The van der Waals surface area contributed by atoms with Gasteiger partial charge in [-0.1, -0.05) is 17.3 Å². The molecule has 134 valence electrons. The molecule has 8 nitrogen and oxygen atoms in total. The lowest BCUT2D eigenvalue weighted by Gasteiger charge is -2.15. The minimum absolute atomic E-state index is 0.103. The first kappa shape index (κ1) is 17.3. The Bertz CT molecular complexity index is 926. The number of rotatable bonds is 5. The Kier molecular flexibility index (Phi) is 5.07. The zero-order valence-electron chi connectivity index (χ0n) is 13.8. The number of amides is 2. The Labute approximate surface area is 147 Å². The number of hydrogen-bond donors (Lipinski definition) is 2. The SMILES string of the molecule is CC(Oc1ccc(F)cc1)C(=O)NNC(=O)Cn1nnc2ccccc21. The Morgan fingerprint density at radius 3 is 2.65 bits per heavy atom. The molecule has 0 bridgehead atoms. The summed E-state index contributed by atoms with van der Waals surface area (Å²) < 4.78 is 19.6. The summed E-state index contributed by atoms with van der Waals surface area (Å²) in [7, 11) is 0. The molecule has 1 atom stereocenters. The minimum atomic E-state index is -0.882. The van der Waals surface area contributed by atoms with E-state index in [0.29, 0.717) is 16.8 Å². The van der Waals surface area contributed by atoms with E-state index in [4.69, 9.17) is 4.74 Å². The molecular formula is C17H16FN5O3. The predicted octanol–water partition coefficient (Wildman–Crippen LogP) is 1.19. The third-order valence-electron chi connectivity index (χ3n) is 3.53. The van der Waals surface area contributed by atoms with Gasteiger partial charge in [-0.2, -0.15) is 0 Å². The van der Waals surface area contributed by atoms with Crippen LogP contribution in [0.2, 0.25) is 0 Å². The Hall–Kier alpha value is -3.49. The molecule has 3 rings (SSSR count). The molecule has 9 heteroatoms. The molecule has 0 aliphatic rings. The van der Waals surface area contributed by atoms with Crippen LogP contribution in [-0.2, 0) is 16.1 Å². The van der Waals surface area contributed by atoms with Crippen molar-refractivity contribution in [3.63, 3.8) is 0 Å². The number of benzene rings is 2. The van der Waals surface area contributed by atoms with E-state index in [1.54, 1.807) is 12.1 Å². The Morgan fingerprint density at radius 1 is 1.15 bits per heavy atom. The lowest BCUT2D eigenvalue weighted by molar-refractivity contribution is -0.133. The zero-order chi connectivity index (χ0) is 18.5. The third kappa shape index (κ3) is 4.12. The van der Waals surface area contributed by atoms with Crippen molar-refractivity contribution in [2.45, 2.75) is 19.6 Å². The van der Waals surface area contributed by atoms with E-state index in [0.717, 1.165) is 0 Å².